The van der Waals surface area contributed by atoms with Gasteiger partial charge in [-0.3, -0.25) is 10.2 Å². The molecule has 0 aromatic heterocycles. The van der Waals surface area contributed by atoms with E-state index in [9.17, 15) is 14.7 Å². The van der Waals surface area contributed by atoms with E-state index in [2.05, 4.69) is 22.5 Å². The highest BCUT2D eigenvalue weighted by Crippen LogP contribution is 2.33. The summed E-state index contributed by atoms with van der Waals surface area (Å²) in [4.78, 5) is 26.5. The molecule has 1 amide bonds. The second kappa shape index (κ2) is 14.2. The fourth-order valence-electron chi connectivity index (χ4n) is 3.91. The molecule has 40 heavy (non-hydrogen) atoms. The number of aliphatic carboxylic acids is 1. The van der Waals surface area contributed by atoms with E-state index in [1.165, 1.54) is 0 Å². The summed E-state index contributed by atoms with van der Waals surface area (Å²) in [5, 5.41) is 23.2. The number of benzene rings is 3. The van der Waals surface area contributed by atoms with Crippen LogP contribution in [0.5, 0.6) is 11.5 Å². The number of para-hydroxylation sites is 1. The minimum Gasteiger partial charge on any atom is -0.488 e. The van der Waals surface area contributed by atoms with Crippen molar-refractivity contribution in [3.8, 4) is 11.5 Å². The Morgan fingerprint density at radius 1 is 1.10 bits per heavy atom. The first kappa shape index (κ1) is 30.3. The standard InChI is InChI=1S/C29H34ClN5O5/c1-4-22(35(2)3)16-39-25-7-5-6-19(27(25)40-17-26(36)37)15-33-24-13-10-20(30)14-23(24)29(38)34-21-11-8-18(9-12-21)28(31)32/h5-14,22,33H,4,15-17H2,1-3H3,(H3,31,32)(H,34,38)(H,36,37). The van der Waals surface area contributed by atoms with Crippen molar-refractivity contribution in [3.63, 3.8) is 0 Å². The van der Waals surface area contributed by atoms with Crippen molar-refractivity contribution < 1.29 is 24.2 Å². The van der Waals surface area contributed by atoms with Crippen LogP contribution in [0.3, 0.4) is 0 Å². The summed E-state index contributed by atoms with van der Waals surface area (Å²) in [5.41, 5.74) is 8.04. The first-order chi connectivity index (χ1) is 19.1. The summed E-state index contributed by atoms with van der Waals surface area (Å²) in [6.45, 7) is 2.15. The summed E-state index contributed by atoms with van der Waals surface area (Å²) in [6, 6.07) is 17.0. The molecule has 11 heteroatoms. The molecule has 6 N–H and O–H groups in total. The number of carbonyl (C=O) groups is 2. The van der Waals surface area contributed by atoms with Gasteiger partial charge in [-0.2, -0.15) is 0 Å². The van der Waals surface area contributed by atoms with Crippen molar-refractivity contribution in [2.24, 2.45) is 5.73 Å². The molecule has 3 aromatic carbocycles. The lowest BCUT2D eigenvalue weighted by atomic mass is 10.1. The van der Waals surface area contributed by atoms with Crippen molar-refractivity contribution >= 4 is 40.7 Å². The third-order valence-corrected chi connectivity index (χ3v) is 6.42. The van der Waals surface area contributed by atoms with Crippen LogP contribution in [0.25, 0.3) is 0 Å². The number of carboxylic acid groups (broad SMARTS) is 1. The molecule has 0 aliphatic heterocycles. The normalized spacial score (nSPS) is 11.5. The summed E-state index contributed by atoms with van der Waals surface area (Å²) in [7, 11) is 3.95. The van der Waals surface area contributed by atoms with Gasteiger partial charge >= 0.3 is 5.97 Å². The molecule has 0 aliphatic rings. The number of amides is 1. The molecule has 0 heterocycles. The number of amidine groups is 1. The summed E-state index contributed by atoms with van der Waals surface area (Å²) in [5.74, 6) is -0.820. The molecule has 0 radical (unpaired) electrons. The Morgan fingerprint density at radius 2 is 1.82 bits per heavy atom. The second-order valence-electron chi connectivity index (χ2n) is 9.25. The van der Waals surface area contributed by atoms with Gasteiger partial charge in [0.2, 0.25) is 0 Å². The summed E-state index contributed by atoms with van der Waals surface area (Å²) < 4.78 is 11.7. The number of likely N-dealkylation sites (N-methyl/N-ethyl adjacent to an activating group) is 1. The second-order valence-corrected chi connectivity index (χ2v) is 9.69. The van der Waals surface area contributed by atoms with Crippen LogP contribution >= 0.6 is 11.6 Å². The van der Waals surface area contributed by atoms with Gasteiger partial charge in [0.1, 0.15) is 12.4 Å². The highest BCUT2D eigenvalue weighted by atomic mass is 35.5. The molecule has 0 saturated carbocycles. The molecule has 3 aromatic rings. The number of carboxylic acids is 1. The van der Waals surface area contributed by atoms with E-state index in [0.29, 0.717) is 51.2 Å². The van der Waals surface area contributed by atoms with Gasteiger partial charge < -0.3 is 35.8 Å². The first-order valence-electron chi connectivity index (χ1n) is 12.6. The lowest BCUT2D eigenvalue weighted by Crippen LogP contribution is -2.33. The highest BCUT2D eigenvalue weighted by Gasteiger charge is 2.18. The zero-order chi connectivity index (χ0) is 29.2. The highest BCUT2D eigenvalue weighted by molar-refractivity contribution is 6.31. The van der Waals surface area contributed by atoms with Gasteiger partial charge in [0.25, 0.3) is 5.91 Å². The largest absolute Gasteiger partial charge is 0.488 e. The number of rotatable bonds is 14. The van der Waals surface area contributed by atoms with Crippen LogP contribution in [0.4, 0.5) is 11.4 Å². The smallest absolute Gasteiger partial charge is 0.341 e. The predicted octanol–water partition coefficient (Wildman–Crippen LogP) is 4.67. The molecule has 0 fully saturated rings. The molecule has 0 spiro atoms. The van der Waals surface area contributed by atoms with Gasteiger partial charge in [0.15, 0.2) is 18.1 Å². The van der Waals surface area contributed by atoms with Crippen molar-refractivity contribution in [2.75, 3.05) is 37.9 Å². The fourth-order valence-corrected chi connectivity index (χ4v) is 4.08. The number of nitrogens with two attached hydrogens (primary N) is 1. The lowest BCUT2D eigenvalue weighted by Gasteiger charge is -2.24. The number of nitrogens with one attached hydrogen (secondary N) is 3. The molecule has 0 aliphatic carbocycles. The van der Waals surface area contributed by atoms with E-state index in [0.717, 1.165) is 6.42 Å². The van der Waals surface area contributed by atoms with Crippen molar-refractivity contribution in [2.45, 2.75) is 25.9 Å². The maximum Gasteiger partial charge on any atom is 0.341 e. The van der Waals surface area contributed by atoms with E-state index in [4.69, 9.17) is 32.2 Å². The summed E-state index contributed by atoms with van der Waals surface area (Å²) in [6.07, 6.45) is 0.877. The topological polar surface area (TPSA) is 150 Å². The number of hydrogen-bond acceptors (Lipinski definition) is 7. The van der Waals surface area contributed by atoms with Crippen LogP contribution < -0.4 is 25.8 Å². The predicted molar refractivity (Wildman–Crippen MR) is 157 cm³/mol. The monoisotopic (exact) mass is 567 g/mol. The van der Waals surface area contributed by atoms with Crippen molar-refractivity contribution in [1.82, 2.24) is 4.90 Å². The minimum atomic E-state index is -1.11. The number of ether oxygens (including phenoxy) is 2. The Morgan fingerprint density at radius 3 is 2.45 bits per heavy atom. The van der Waals surface area contributed by atoms with Gasteiger partial charge in [-0.05, 0) is 69.0 Å². The van der Waals surface area contributed by atoms with E-state index in [-0.39, 0.29) is 18.4 Å². The van der Waals surface area contributed by atoms with E-state index in [1.54, 1.807) is 60.7 Å². The number of nitrogens with zero attached hydrogens (tertiary/aromatic N) is 1. The zero-order valence-electron chi connectivity index (χ0n) is 22.7. The number of nitrogen functional groups attached to an aromatic ring is 1. The average Bonchev–Trinajstić information content (AvgIpc) is 2.92. The molecule has 10 nitrogen and oxygen atoms in total. The van der Waals surface area contributed by atoms with Gasteiger partial charge in [-0.15, -0.1) is 0 Å². The molecular weight excluding hydrogens is 534 g/mol. The molecule has 3 rings (SSSR count). The number of halogens is 1. The maximum atomic E-state index is 13.2. The van der Waals surface area contributed by atoms with Crippen LogP contribution in [0.2, 0.25) is 5.02 Å². The van der Waals surface area contributed by atoms with Crippen LogP contribution in [0.1, 0.15) is 34.8 Å². The van der Waals surface area contributed by atoms with Gasteiger partial charge in [-0.1, -0.05) is 30.7 Å². The Kier molecular flexibility index (Phi) is 10.7. The molecule has 1 unspecified atom stereocenters. The maximum absolute atomic E-state index is 13.2. The van der Waals surface area contributed by atoms with E-state index < -0.39 is 18.5 Å². The van der Waals surface area contributed by atoms with Crippen LogP contribution in [-0.2, 0) is 11.3 Å². The number of carbonyl (C=O) groups excluding carboxylic acids is 1. The van der Waals surface area contributed by atoms with Crippen LogP contribution in [-0.4, -0.2) is 61.1 Å². The molecule has 0 bridgehead atoms. The average molecular weight is 568 g/mol. The first-order valence-corrected chi connectivity index (χ1v) is 13.0. The van der Waals surface area contributed by atoms with E-state index in [1.807, 2.05) is 14.1 Å². The van der Waals surface area contributed by atoms with Crippen molar-refractivity contribution in [1.29, 1.82) is 5.41 Å². The molecule has 1 atom stereocenters. The Labute approximate surface area is 238 Å². The number of hydrogen-bond donors (Lipinski definition) is 5. The third-order valence-electron chi connectivity index (χ3n) is 6.18. The Bertz CT molecular complexity index is 1350. The zero-order valence-corrected chi connectivity index (χ0v) is 23.4. The lowest BCUT2D eigenvalue weighted by molar-refractivity contribution is -0.139. The molecular formula is C29H34ClN5O5. The van der Waals surface area contributed by atoms with Crippen LogP contribution in [0.15, 0.2) is 60.7 Å². The Balaban J connectivity index is 1.82. The molecule has 212 valence electrons. The summed E-state index contributed by atoms with van der Waals surface area (Å²) >= 11 is 6.21. The molecule has 0 saturated heterocycles. The Hall–Kier alpha value is -4.28. The number of anilines is 2. The quantitative estimate of drug-likeness (QED) is 0.139. The minimum absolute atomic E-state index is 0.0664. The van der Waals surface area contributed by atoms with Gasteiger partial charge in [0, 0.05) is 40.1 Å². The van der Waals surface area contributed by atoms with Crippen molar-refractivity contribution in [3.05, 3.63) is 82.4 Å². The fraction of sp³-hybridized carbons (Fsp3) is 0.276. The van der Waals surface area contributed by atoms with Gasteiger partial charge in [0.05, 0.1) is 5.56 Å². The van der Waals surface area contributed by atoms with E-state index >= 15 is 0 Å². The third kappa shape index (κ3) is 8.36. The SMILES string of the molecule is CCC(COc1cccc(CNc2ccc(Cl)cc2C(=O)Nc2ccc(C(=N)N)cc2)c1OCC(=O)O)N(C)C. The van der Waals surface area contributed by atoms with Gasteiger partial charge in [-0.25, -0.2) is 4.79 Å². The van der Waals surface area contributed by atoms with Crippen LogP contribution in [0, 0.1) is 5.41 Å².